The van der Waals surface area contributed by atoms with E-state index in [4.69, 9.17) is 5.21 Å². The van der Waals surface area contributed by atoms with E-state index < -0.39 is 5.91 Å². The minimum atomic E-state index is -0.485. The van der Waals surface area contributed by atoms with Crippen molar-refractivity contribution in [1.82, 2.24) is 5.48 Å². The number of carbonyl (C=O) groups excluding carboxylic acids is 1. The maximum Gasteiger partial charge on any atom is 0.274 e. The lowest BCUT2D eigenvalue weighted by atomic mass is 10.2. The average molecular weight is 208 g/mol. The molecule has 0 aliphatic carbocycles. The van der Waals surface area contributed by atoms with Crippen molar-refractivity contribution in [3.05, 3.63) is 29.8 Å². The van der Waals surface area contributed by atoms with Gasteiger partial charge in [0.1, 0.15) is 0 Å². The van der Waals surface area contributed by atoms with Gasteiger partial charge in [-0.25, -0.2) is 5.48 Å². The van der Waals surface area contributed by atoms with Crippen molar-refractivity contribution in [3.8, 4) is 0 Å². The number of hydroxylamine groups is 1. The highest BCUT2D eigenvalue weighted by atomic mass is 16.5. The first-order valence-electron chi connectivity index (χ1n) is 5.02. The lowest BCUT2D eigenvalue weighted by molar-refractivity contribution is 0.0706. The van der Waals surface area contributed by atoms with Crippen LogP contribution >= 0.6 is 0 Å². The van der Waals surface area contributed by atoms with E-state index in [0.29, 0.717) is 5.56 Å². The number of amides is 1. The molecule has 1 aromatic rings. The zero-order chi connectivity index (χ0) is 11.3. The van der Waals surface area contributed by atoms with Crippen LogP contribution in [0.2, 0.25) is 0 Å². The summed E-state index contributed by atoms with van der Waals surface area (Å²) in [6, 6.07) is 7.13. The van der Waals surface area contributed by atoms with Crippen molar-refractivity contribution < 1.29 is 10.0 Å². The van der Waals surface area contributed by atoms with Crippen LogP contribution in [-0.2, 0) is 0 Å². The van der Waals surface area contributed by atoms with Gasteiger partial charge in [0.05, 0.1) is 0 Å². The highest BCUT2D eigenvalue weighted by Gasteiger charge is 2.05. The first kappa shape index (κ1) is 11.5. The second kappa shape index (κ2) is 5.36. The molecule has 1 aromatic carbocycles. The SMILES string of the molecule is CCN(CC)c1ccc(C(=O)NO)cc1. The van der Waals surface area contributed by atoms with Gasteiger partial charge in [-0.15, -0.1) is 0 Å². The van der Waals surface area contributed by atoms with E-state index in [9.17, 15) is 4.79 Å². The van der Waals surface area contributed by atoms with E-state index in [1.807, 2.05) is 12.1 Å². The van der Waals surface area contributed by atoms with Crippen molar-refractivity contribution in [2.75, 3.05) is 18.0 Å². The highest BCUT2D eigenvalue weighted by molar-refractivity contribution is 5.93. The third-order valence-corrected chi connectivity index (χ3v) is 2.36. The molecule has 4 nitrogen and oxygen atoms in total. The van der Waals surface area contributed by atoms with E-state index in [0.717, 1.165) is 18.8 Å². The first-order valence-corrected chi connectivity index (χ1v) is 5.02. The standard InChI is InChI=1S/C11H16N2O2/c1-3-13(4-2)10-7-5-9(6-8-10)11(14)12-15/h5-8,15H,3-4H2,1-2H3,(H,12,14). The molecular weight excluding hydrogens is 192 g/mol. The molecule has 82 valence electrons. The Labute approximate surface area is 89.5 Å². The van der Waals surface area contributed by atoms with Crippen molar-refractivity contribution >= 4 is 11.6 Å². The lowest BCUT2D eigenvalue weighted by Gasteiger charge is -2.20. The topological polar surface area (TPSA) is 52.6 Å². The van der Waals surface area contributed by atoms with Crippen LogP contribution in [0.5, 0.6) is 0 Å². The quantitative estimate of drug-likeness (QED) is 0.584. The second-order valence-corrected chi connectivity index (χ2v) is 3.16. The van der Waals surface area contributed by atoms with Crippen LogP contribution in [0.3, 0.4) is 0 Å². The van der Waals surface area contributed by atoms with Crippen LogP contribution in [0.25, 0.3) is 0 Å². The van der Waals surface area contributed by atoms with E-state index in [1.54, 1.807) is 17.6 Å². The van der Waals surface area contributed by atoms with Crippen molar-refractivity contribution in [3.63, 3.8) is 0 Å². The smallest absolute Gasteiger partial charge is 0.274 e. The Morgan fingerprint density at radius 3 is 2.20 bits per heavy atom. The normalized spacial score (nSPS) is 9.80. The number of benzene rings is 1. The third kappa shape index (κ3) is 2.70. The molecule has 2 N–H and O–H groups in total. The summed E-state index contributed by atoms with van der Waals surface area (Å²) in [4.78, 5) is 13.2. The fourth-order valence-corrected chi connectivity index (χ4v) is 1.48. The molecule has 15 heavy (non-hydrogen) atoms. The number of rotatable bonds is 4. The monoisotopic (exact) mass is 208 g/mol. The molecular formula is C11H16N2O2. The van der Waals surface area contributed by atoms with E-state index in [2.05, 4.69) is 18.7 Å². The van der Waals surface area contributed by atoms with Crippen LogP contribution in [0.1, 0.15) is 24.2 Å². The number of nitrogens with zero attached hydrogens (tertiary/aromatic N) is 1. The number of hydrogen-bond acceptors (Lipinski definition) is 3. The number of anilines is 1. The fourth-order valence-electron chi connectivity index (χ4n) is 1.48. The van der Waals surface area contributed by atoms with Gasteiger partial charge in [0, 0.05) is 24.3 Å². The zero-order valence-electron chi connectivity index (χ0n) is 9.03. The molecule has 0 fully saturated rings. The van der Waals surface area contributed by atoms with Gasteiger partial charge in [-0.1, -0.05) is 0 Å². The minimum absolute atomic E-state index is 0.452. The largest absolute Gasteiger partial charge is 0.372 e. The summed E-state index contributed by atoms with van der Waals surface area (Å²) >= 11 is 0. The van der Waals surface area contributed by atoms with Gasteiger partial charge in [0.2, 0.25) is 0 Å². The summed E-state index contributed by atoms with van der Waals surface area (Å²) in [5, 5.41) is 8.45. The number of nitrogens with one attached hydrogen (secondary N) is 1. The molecule has 0 bridgehead atoms. The van der Waals surface area contributed by atoms with Crippen LogP contribution < -0.4 is 10.4 Å². The zero-order valence-corrected chi connectivity index (χ0v) is 9.03. The minimum Gasteiger partial charge on any atom is -0.372 e. The molecule has 0 aliphatic rings. The van der Waals surface area contributed by atoms with Gasteiger partial charge < -0.3 is 4.90 Å². The second-order valence-electron chi connectivity index (χ2n) is 3.16. The summed E-state index contributed by atoms with van der Waals surface area (Å²) in [6.07, 6.45) is 0. The number of hydrogen-bond donors (Lipinski definition) is 2. The summed E-state index contributed by atoms with van der Waals surface area (Å²) < 4.78 is 0. The van der Waals surface area contributed by atoms with Crippen LogP contribution in [-0.4, -0.2) is 24.2 Å². The fraction of sp³-hybridized carbons (Fsp3) is 0.364. The van der Waals surface area contributed by atoms with E-state index in [1.165, 1.54) is 0 Å². The van der Waals surface area contributed by atoms with Crippen molar-refractivity contribution in [2.45, 2.75) is 13.8 Å². The summed E-state index contributed by atoms with van der Waals surface area (Å²) in [7, 11) is 0. The molecule has 0 heterocycles. The summed E-state index contributed by atoms with van der Waals surface area (Å²) in [5.41, 5.74) is 3.14. The Morgan fingerprint density at radius 1 is 1.27 bits per heavy atom. The molecule has 0 spiro atoms. The van der Waals surface area contributed by atoms with Gasteiger partial charge in [-0.05, 0) is 38.1 Å². The maximum atomic E-state index is 11.1. The average Bonchev–Trinajstić information content (AvgIpc) is 2.30. The van der Waals surface area contributed by atoms with E-state index in [-0.39, 0.29) is 0 Å². The summed E-state index contributed by atoms with van der Waals surface area (Å²) in [6.45, 7) is 6.03. The Morgan fingerprint density at radius 2 is 1.80 bits per heavy atom. The van der Waals surface area contributed by atoms with Crippen molar-refractivity contribution in [2.24, 2.45) is 0 Å². The predicted octanol–water partition coefficient (Wildman–Crippen LogP) is 1.65. The molecule has 4 heteroatoms. The van der Waals surface area contributed by atoms with Crippen LogP contribution in [0, 0.1) is 0 Å². The van der Waals surface area contributed by atoms with Gasteiger partial charge in [-0.3, -0.25) is 10.0 Å². The molecule has 0 radical (unpaired) electrons. The van der Waals surface area contributed by atoms with Gasteiger partial charge in [-0.2, -0.15) is 0 Å². The molecule has 0 unspecified atom stereocenters. The predicted molar refractivity (Wildman–Crippen MR) is 59.3 cm³/mol. The molecule has 0 saturated carbocycles. The molecule has 0 saturated heterocycles. The molecule has 0 aliphatic heterocycles. The van der Waals surface area contributed by atoms with Crippen LogP contribution in [0.4, 0.5) is 5.69 Å². The van der Waals surface area contributed by atoms with E-state index >= 15 is 0 Å². The molecule has 0 atom stereocenters. The molecule has 0 aromatic heterocycles. The molecule has 1 rings (SSSR count). The van der Waals surface area contributed by atoms with Crippen molar-refractivity contribution in [1.29, 1.82) is 0 Å². The van der Waals surface area contributed by atoms with Gasteiger partial charge >= 0.3 is 0 Å². The Kier molecular flexibility index (Phi) is 4.12. The first-order chi connectivity index (χ1) is 7.22. The van der Waals surface area contributed by atoms with Crippen LogP contribution in [0.15, 0.2) is 24.3 Å². The third-order valence-electron chi connectivity index (χ3n) is 2.36. The lowest BCUT2D eigenvalue weighted by Crippen LogP contribution is -2.22. The highest BCUT2D eigenvalue weighted by Crippen LogP contribution is 2.14. The molecule has 1 amide bonds. The Bertz CT molecular complexity index is 318. The Hall–Kier alpha value is -1.55. The van der Waals surface area contributed by atoms with Gasteiger partial charge in [0.25, 0.3) is 5.91 Å². The Balaban J connectivity index is 2.84. The maximum absolute atomic E-state index is 11.1. The summed E-state index contributed by atoms with van der Waals surface area (Å²) in [5.74, 6) is -0.485. The number of carbonyl (C=O) groups is 1. The van der Waals surface area contributed by atoms with Gasteiger partial charge in [0.15, 0.2) is 0 Å².